The molecule has 2 aromatic rings. The zero-order valence-corrected chi connectivity index (χ0v) is 13.0. The average molecular weight is 313 g/mol. The van der Waals surface area contributed by atoms with Gasteiger partial charge in [-0.3, -0.25) is 9.59 Å². The summed E-state index contributed by atoms with van der Waals surface area (Å²) in [6.07, 6.45) is 4.09. The summed E-state index contributed by atoms with van der Waals surface area (Å²) in [5.74, 6) is -1.11. The number of aromatic nitrogens is 2. The van der Waals surface area contributed by atoms with Crippen LogP contribution in [0.1, 0.15) is 41.7 Å². The predicted molar refractivity (Wildman–Crippen MR) is 84.6 cm³/mol. The van der Waals surface area contributed by atoms with Crippen LogP contribution >= 0.6 is 0 Å². The van der Waals surface area contributed by atoms with Crippen LogP contribution in [0.4, 0.5) is 0 Å². The smallest absolute Gasteiger partial charge is 0.305 e. The Morgan fingerprint density at radius 1 is 1.26 bits per heavy atom. The van der Waals surface area contributed by atoms with Crippen molar-refractivity contribution in [2.75, 3.05) is 0 Å². The van der Waals surface area contributed by atoms with Gasteiger partial charge in [-0.05, 0) is 56.5 Å². The number of carboxylic acid groups (broad SMARTS) is 1. The van der Waals surface area contributed by atoms with Gasteiger partial charge >= 0.3 is 5.97 Å². The second-order valence-corrected chi connectivity index (χ2v) is 6.09. The minimum Gasteiger partial charge on any atom is -0.481 e. The SMILES string of the molecule is Cc1ccnn1-c1ccc(C(=O)NC2(CC(=O)O)CCC2)cc1. The topological polar surface area (TPSA) is 84.2 Å². The Kier molecular flexibility index (Phi) is 3.90. The lowest BCUT2D eigenvalue weighted by Gasteiger charge is -2.41. The molecule has 1 aromatic carbocycles. The summed E-state index contributed by atoms with van der Waals surface area (Å²) in [6.45, 7) is 1.96. The first-order valence-electron chi connectivity index (χ1n) is 7.64. The molecule has 3 rings (SSSR count). The van der Waals surface area contributed by atoms with E-state index in [0.29, 0.717) is 5.56 Å². The largest absolute Gasteiger partial charge is 0.481 e. The zero-order valence-electron chi connectivity index (χ0n) is 13.0. The molecule has 1 fully saturated rings. The van der Waals surface area contributed by atoms with Crippen molar-refractivity contribution >= 4 is 11.9 Å². The maximum atomic E-state index is 12.4. The Morgan fingerprint density at radius 2 is 1.96 bits per heavy atom. The molecule has 0 spiro atoms. The molecule has 1 amide bonds. The summed E-state index contributed by atoms with van der Waals surface area (Å²) in [5.41, 5.74) is 1.83. The molecule has 0 bridgehead atoms. The van der Waals surface area contributed by atoms with Crippen LogP contribution < -0.4 is 5.32 Å². The molecule has 0 radical (unpaired) electrons. The molecule has 1 aliphatic rings. The molecular weight excluding hydrogens is 294 g/mol. The molecule has 6 nitrogen and oxygen atoms in total. The number of amides is 1. The van der Waals surface area contributed by atoms with Gasteiger partial charge < -0.3 is 10.4 Å². The second-order valence-electron chi connectivity index (χ2n) is 6.09. The monoisotopic (exact) mass is 313 g/mol. The van der Waals surface area contributed by atoms with Gasteiger partial charge in [0.05, 0.1) is 17.6 Å². The third-order valence-electron chi connectivity index (χ3n) is 4.38. The number of carbonyl (C=O) groups is 2. The number of nitrogens with one attached hydrogen (secondary N) is 1. The first kappa shape index (κ1) is 15.3. The number of aliphatic carboxylic acids is 1. The fourth-order valence-corrected chi connectivity index (χ4v) is 2.95. The molecule has 0 unspecified atom stereocenters. The van der Waals surface area contributed by atoms with E-state index in [1.54, 1.807) is 23.0 Å². The van der Waals surface area contributed by atoms with Crippen LogP contribution in [0.3, 0.4) is 0 Å². The minimum atomic E-state index is -0.880. The van der Waals surface area contributed by atoms with Crippen LogP contribution in [0.2, 0.25) is 0 Å². The molecule has 1 aliphatic carbocycles. The van der Waals surface area contributed by atoms with E-state index in [1.807, 2.05) is 25.1 Å². The molecule has 0 aliphatic heterocycles. The van der Waals surface area contributed by atoms with E-state index in [1.165, 1.54) is 0 Å². The van der Waals surface area contributed by atoms with Crippen molar-refractivity contribution in [3.63, 3.8) is 0 Å². The predicted octanol–water partition coefficient (Wildman–Crippen LogP) is 2.31. The van der Waals surface area contributed by atoms with E-state index in [9.17, 15) is 9.59 Å². The van der Waals surface area contributed by atoms with Crippen LogP contribution in [0.15, 0.2) is 36.5 Å². The number of carboxylic acids is 1. The number of hydrogen-bond donors (Lipinski definition) is 2. The summed E-state index contributed by atoms with van der Waals surface area (Å²) in [7, 11) is 0. The lowest BCUT2D eigenvalue weighted by molar-refractivity contribution is -0.139. The molecule has 0 saturated heterocycles. The highest BCUT2D eigenvalue weighted by Crippen LogP contribution is 2.35. The second kappa shape index (κ2) is 5.87. The third-order valence-corrected chi connectivity index (χ3v) is 4.38. The molecule has 23 heavy (non-hydrogen) atoms. The number of aryl methyl sites for hydroxylation is 1. The van der Waals surface area contributed by atoms with E-state index >= 15 is 0 Å². The highest BCUT2D eigenvalue weighted by molar-refractivity contribution is 5.95. The van der Waals surface area contributed by atoms with Gasteiger partial charge in [-0.25, -0.2) is 4.68 Å². The van der Waals surface area contributed by atoms with Gasteiger partial charge in [0, 0.05) is 17.5 Å². The molecule has 6 heteroatoms. The first-order chi connectivity index (χ1) is 11.0. The Labute approximate surface area is 134 Å². The van der Waals surface area contributed by atoms with Crippen LogP contribution in [-0.2, 0) is 4.79 Å². The van der Waals surface area contributed by atoms with Crippen LogP contribution in [0.5, 0.6) is 0 Å². The van der Waals surface area contributed by atoms with Gasteiger partial charge in [0.15, 0.2) is 0 Å². The van der Waals surface area contributed by atoms with Crippen LogP contribution in [0, 0.1) is 6.92 Å². The van der Waals surface area contributed by atoms with Crippen molar-refractivity contribution in [1.82, 2.24) is 15.1 Å². The minimum absolute atomic E-state index is 0.0245. The normalized spacial score (nSPS) is 15.7. The van der Waals surface area contributed by atoms with Gasteiger partial charge in [0.25, 0.3) is 5.91 Å². The summed E-state index contributed by atoms with van der Waals surface area (Å²) in [6, 6.07) is 9.05. The number of benzene rings is 1. The maximum Gasteiger partial charge on any atom is 0.305 e. The quantitative estimate of drug-likeness (QED) is 0.887. The Balaban J connectivity index is 1.73. The van der Waals surface area contributed by atoms with E-state index < -0.39 is 11.5 Å². The third kappa shape index (κ3) is 3.11. The van der Waals surface area contributed by atoms with Crippen molar-refractivity contribution in [2.24, 2.45) is 0 Å². The van der Waals surface area contributed by atoms with E-state index in [2.05, 4.69) is 10.4 Å². The van der Waals surface area contributed by atoms with E-state index in [-0.39, 0.29) is 12.3 Å². The molecule has 1 saturated carbocycles. The summed E-state index contributed by atoms with van der Waals surface area (Å²) in [4.78, 5) is 23.3. The van der Waals surface area contributed by atoms with Gasteiger partial charge in [0.1, 0.15) is 0 Å². The highest BCUT2D eigenvalue weighted by Gasteiger charge is 2.40. The fourth-order valence-electron chi connectivity index (χ4n) is 2.95. The van der Waals surface area contributed by atoms with Gasteiger partial charge in [0.2, 0.25) is 0 Å². The van der Waals surface area contributed by atoms with Crippen LogP contribution in [-0.4, -0.2) is 32.3 Å². The van der Waals surface area contributed by atoms with Crippen molar-refractivity contribution in [1.29, 1.82) is 0 Å². The Morgan fingerprint density at radius 3 is 2.43 bits per heavy atom. The standard InChI is InChI=1S/C17H19N3O3/c1-12-7-10-18-20(12)14-5-3-13(4-6-14)16(23)19-17(8-2-9-17)11-15(21)22/h3-7,10H,2,8-9,11H2,1H3,(H,19,23)(H,21,22). The van der Waals surface area contributed by atoms with Crippen molar-refractivity contribution < 1.29 is 14.7 Å². The van der Waals surface area contributed by atoms with Crippen molar-refractivity contribution in [3.8, 4) is 5.69 Å². The Bertz CT molecular complexity index is 730. The summed E-state index contributed by atoms with van der Waals surface area (Å²) < 4.78 is 1.79. The van der Waals surface area contributed by atoms with Crippen LogP contribution in [0.25, 0.3) is 5.69 Å². The molecular formula is C17H19N3O3. The van der Waals surface area contributed by atoms with Crippen molar-refractivity contribution in [3.05, 3.63) is 47.8 Å². The lowest BCUT2D eigenvalue weighted by atomic mass is 9.74. The van der Waals surface area contributed by atoms with Gasteiger partial charge in [-0.15, -0.1) is 0 Å². The number of hydrogen-bond acceptors (Lipinski definition) is 3. The first-order valence-corrected chi connectivity index (χ1v) is 7.64. The van der Waals surface area contributed by atoms with Crippen molar-refractivity contribution in [2.45, 2.75) is 38.1 Å². The number of rotatable bonds is 5. The van der Waals surface area contributed by atoms with Gasteiger partial charge in [-0.2, -0.15) is 5.10 Å². The number of carbonyl (C=O) groups excluding carboxylic acids is 1. The number of nitrogens with zero attached hydrogens (tertiary/aromatic N) is 2. The molecule has 1 aromatic heterocycles. The lowest BCUT2D eigenvalue weighted by Crippen LogP contribution is -2.54. The van der Waals surface area contributed by atoms with Gasteiger partial charge in [-0.1, -0.05) is 0 Å². The maximum absolute atomic E-state index is 12.4. The zero-order chi connectivity index (χ0) is 16.4. The van der Waals surface area contributed by atoms with E-state index in [4.69, 9.17) is 5.11 Å². The molecule has 0 atom stereocenters. The van der Waals surface area contributed by atoms with E-state index in [0.717, 1.165) is 30.6 Å². The Hall–Kier alpha value is -2.63. The summed E-state index contributed by atoms with van der Waals surface area (Å²) >= 11 is 0. The fraction of sp³-hybridized carbons (Fsp3) is 0.353. The highest BCUT2D eigenvalue weighted by atomic mass is 16.4. The summed E-state index contributed by atoms with van der Waals surface area (Å²) in [5, 5.41) is 16.1. The molecule has 120 valence electrons. The molecule has 2 N–H and O–H groups in total. The average Bonchev–Trinajstić information content (AvgIpc) is 2.90. The molecule has 1 heterocycles.